The van der Waals surface area contributed by atoms with Crippen molar-refractivity contribution in [2.75, 3.05) is 0 Å². The minimum absolute atomic E-state index is 0.0624. The Morgan fingerprint density at radius 2 is 1.81 bits per heavy atom. The number of H-pyrrole nitrogens is 1. The predicted octanol–water partition coefficient (Wildman–Crippen LogP) is 4.42. The van der Waals surface area contributed by atoms with Crippen molar-refractivity contribution in [2.45, 2.75) is 42.6 Å². The highest BCUT2D eigenvalue weighted by Crippen LogP contribution is 2.35. The van der Waals surface area contributed by atoms with Gasteiger partial charge in [-0.1, -0.05) is 72.4 Å². The van der Waals surface area contributed by atoms with Gasteiger partial charge in [-0.15, -0.1) is 0 Å². The molecule has 1 aliphatic rings. The van der Waals surface area contributed by atoms with Crippen molar-refractivity contribution in [2.24, 2.45) is 0 Å². The van der Waals surface area contributed by atoms with Crippen LogP contribution in [0.3, 0.4) is 0 Å². The number of aryl methyl sites for hydroxylation is 1. The highest BCUT2D eigenvalue weighted by molar-refractivity contribution is 8.00. The van der Waals surface area contributed by atoms with Crippen molar-refractivity contribution >= 4 is 17.7 Å². The molecule has 1 fully saturated rings. The number of aromatic amines is 1. The molecule has 1 atom stereocenters. The van der Waals surface area contributed by atoms with Gasteiger partial charge in [0, 0.05) is 18.2 Å². The maximum Gasteiger partial charge on any atom is 0.238 e. The fraction of sp³-hybridized carbons (Fsp3) is 0.273. The van der Waals surface area contributed by atoms with Crippen molar-refractivity contribution in [1.29, 1.82) is 0 Å². The topological polar surface area (TPSA) is 57.8 Å². The molecule has 0 aliphatic heterocycles. The van der Waals surface area contributed by atoms with E-state index in [9.17, 15) is 4.79 Å². The number of hydrogen-bond acceptors (Lipinski definition) is 3. The van der Waals surface area contributed by atoms with Gasteiger partial charge in [0.05, 0.1) is 5.69 Å². The van der Waals surface area contributed by atoms with Crippen LogP contribution in [0.25, 0.3) is 0 Å². The number of benzene rings is 2. The molecule has 138 valence electrons. The van der Waals surface area contributed by atoms with E-state index in [0.29, 0.717) is 6.04 Å². The van der Waals surface area contributed by atoms with Crippen molar-refractivity contribution in [3.63, 3.8) is 0 Å². The highest BCUT2D eigenvalue weighted by Gasteiger charge is 2.29. The fourth-order valence-corrected chi connectivity index (χ4v) is 4.07. The molecule has 1 aliphatic carbocycles. The zero-order valence-electron chi connectivity index (χ0n) is 15.3. The lowest BCUT2D eigenvalue weighted by Crippen LogP contribution is -2.29. The maximum atomic E-state index is 12.8. The van der Waals surface area contributed by atoms with Crippen LogP contribution >= 0.6 is 11.8 Å². The molecule has 0 bridgehead atoms. The van der Waals surface area contributed by atoms with Crippen molar-refractivity contribution < 1.29 is 4.79 Å². The normalized spacial score (nSPS) is 14.7. The van der Waals surface area contributed by atoms with Gasteiger partial charge >= 0.3 is 0 Å². The lowest BCUT2D eigenvalue weighted by molar-refractivity contribution is -0.120. The third-order valence-corrected chi connectivity index (χ3v) is 5.81. The summed E-state index contributed by atoms with van der Waals surface area (Å²) in [6.07, 6.45) is 2.95. The first-order chi connectivity index (χ1) is 13.2. The molecule has 1 saturated carbocycles. The molecule has 4 rings (SSSR count). The first-order valence-electron chi connectivity index (χ1n) is 9.30. The summed E-state index contributed by atoms with van der Waals surface area (Å²) in [6.45, 7) is 2.04. The van der Waals surface area contributed by atoms with Crippen molar-refractivity contribution in [3.8, 4) is 0 Å². The Labute approximate surface area is 163 Å². The zero-order chi connectivity index (χ0) is 18.6. The number of amides is 1. The molecule has 2 N–H and O–H groups in total. The standard InChI is InChI=1S/C22H23N3OS/c1-15-19(14-16-8-4-2-5-9-16)25-22(23-15)27-20(17-10-6-3-7-11-17)21(26)24-18-12-13-18/h2-11,18,20H,12-14H2,1H3,(H,23,25)(H,24,26)/t20-/m1/s1. The van der Waals surface area contributed by atoms with Crippen LogP contribution in [0, 0.1) is 6.92 Å². The van der Waals surface area contributed by atoms with Crippen LogP contribution in [0.15, 0.2) is 65.8 Å². The summed E-state index contributed by atoms with van der Waals surface area (Å²) in [5.74, 6) is 0.0624. The van der Waals surface area contributed by atoms with Crippen LogP contribution in [-0.2, 0) is 11.2 Å². The third-order valence-electron chi connectivity index (χ3n) is 4.67. The molecule has 1 heterocycles. The molecule has 1 aromatic heterocycles. The monoisotopic (exact) mass is 377 g/mol. The van der Waals surface area contributed by atoms with Crippen LogP contribution in [0.4, 0.5) is 0 Å². The number of thioether (sulfide) groups is 1. The first-order valence-corrected chi connectivity index (χ1v) is 10.2. The van der Waals surface area contributed by atoms with Gasteiger partial charge in [-0.05, 0) is 30.9 Å². The average Bonchev–Trinajstić information content (AvgIpc) is 3.44. The van der Waals surface area contributed by atoms with Gasteiger partial charge in [-0.25, -0.2) is 4.98 Å². The number of carbonyl (C=O) groups excluding carboxylic acids is 1. The molecule has 5 heteroatoms. The Kier molecular flexibility index (Phi) is 5.30. The number of aromatic nitrogens is 2. The molecule has 4 nitrogen and oxygen atoms in total. The molecule has 3 aromatic rings. The van der Waals surface area contributed by atoms with Gasteiger partial charge < -0.3 is 10.3 Å². The summed E-state index contributed by atoms with van der Waals surface area (Å²) in [4.78, 5) is 20.9. The van der Waals surface area contributed by atoms with Crippen LogP contribution in [0.1, 0.15) is 40.6 Å². The zero-order valence-corrected chi connectivity index (χ0v) is 16.1. The smallest absolute Gasteiger partial charge is 0.238 e. The second kappa shape index (κ2) is 8.01. The van der Waals surface area contributed by atoms with Gasteiger partial charge in [0.1, 0.15) is 5.25 Å². The average molecular weight is 378 g/mol. The van der Waals surface area contributed by atoms with Crippen LogP contribution in [0.2, 0.25) is 0 Å². The lowest BCUT2D eigenvalue weighted by Gasteiger charge is -2.15. The third kappa shape index (κ3) is 4.61. The van der Waals surface area contributed by atoms with E-state index in [1.54, 1.807) is 0 Å². The Hall–Kier alpha value is -2.53. The first kappa shape index (κ1) is 17.9. The van der Waals surface area contributed by atoms with E-state index in [0.717, 1.165) is 41.4 Å². The van der Waals surface area contributed by atoms with E-state index in [-0.39, 0.29) is 11.2 Å². The summed E-state index contributed by atoms with van der Waals surface area (Å²) < 4.78 is 0. The summed E-state index contributed by atoms with van der Waals surface area (Å²) >= 11 is 1.49. The molecule has 0 radical (unpaired) electrons. The number of carbonyl (C=O) groups is 1. The minimum Gasteiger partial charge on any atom is -0.352 e. The van der Waals surface area contributed by atoms with Gasteiger partial charge in [0.25, 0.3) is 0 Å². The summed E-state index contributed by atoms with van der Waals surface area (Å²) in [5.41, 5.74) is 4.31. The largest absolute Gasteiger partial charge is 0.352 e. The number of rotatable bonds is 7. The molecule has 2 aromatic carbocycles. The quantitative estimate of drug-likeness (QED) is 0.599. The molecule has 0 unspecified atom stereocenters. The molecular weight excluding hydrogens is 354 g/mol. The van der Waals surface area contributed by atoms with E-state index in [1.807, 2.05) is 55.5 Å². The van der Waals surface area contributed by atoms with E-state index in [4.69, 9.17) is 4.98 Å². The summed E-state index contributed by atoms with van der Waals surface area (Å²) in [7, 11) is 0. The number of nitrogens with zero attached hydrogens (tertiary/aromatic N) is 1. The molecule has 0 saturated heterocycles. The Morgan fingerprint density at radius 3 is 2.48 bits per heavy atom. The van der Waals surface area contributed by atoms with Crippen molar-refractivity contribution in [1.82, 2.24) is 15.3 Å². The Bertz CT molecular complexity index is 904. The van der Waals surface area contributed by atoms with E-state index in [2.05, 4.69) is 22.4 Å². The van der Waals surface area contributed by atoms with E-state index >= 15 is 0 Å². The SMILES string of the molecule is Cc1[nH]c(S[C@@H](C(=O)NC2CC2)c2ccccc2)nc1Cc1ccccc1. The lowest BCUT2D eigenvalue weighted by atomic mass is 10.1. The maximum absolute atomic E-state index is 12.8. The van der Waals surface area contributed by atoms with Gasteiger partial charge in [-0.2, -0.15) is 0 Å². The number of nitrogens with one attached hydrogen (secondary N) is 2. The fourth-order valence-electron chi connectivity index (χ4n) is 3.00. The molecular formula is C22H23N3OS. The second-order valence-electron chi connectivity index (χ2n) is 6.97. The predicted molar refractivity (Wildman–Crippen MR) is 109 cm³/mol. The van der Waals surface area contributed by atoms with Gasteiger partial charge in [0.2, 0.25) is 5.91 Å². The second-order valence-corrected chi connectivity index (χ2v) is 8.06. The van der Waals surface area contributed by atoms with Crippen molar-refractivity contribution in [3.05, 3.63) is 83.2 Å². The Balaban J connectivity index is 1.54. The molecule has 1 amide bonds. The van der Waals surface area contributed by atoms with E-state index < -0.39 is 0 Å². The molecule has 27 heavy (non-hydrogen) atoms. The number of hydrogen-bond donors (Lipinski definition) is 2. The highest BCUT2D eigenvalue weighted by atomic mass is 32.2. The van der Waals surface area contributed by atoms with Crippen LogP contribution in [-0.4, -0.2) is 21.9 Å². The summed E-state index contributed by atoms with van der Waals surface area (Å²) in [5, 5.41) is 3.62. The van der Waals surface area contributed by atoms with Gasteiger partial charge in [-0.3, -0.25) is 4.79 Å². The van der Waals surface area contributed by atoms with Crippen LogP contribution < -0.4 is 5.32 Å². The van der Waals surface area contributed by atoms with E-state index in [1.165, 1.54) is 17.3 Å². The minimum atomic E-state index is -0.304. The van der Waals surface area contributed by atoms with Gasteiger partial charge in [0.15, 0.2) is 5.16 Å². The number of imidazole rings is 1. The Morgan fingerprint density at radius 1 is 1.15 bits per heavy atom. The molecule has 0 spiro atoms. The summed E-state index contributed by atoms with van der Waals surface area (Å²) in [6, 6.07) is 20.6. The van der Waals surface area contributed by atoms with Crippen LogP contribution in [0.5, 0.6) is 0 Å².